The second-order valence-electron chi connectivity index (χ2n) is 7.05. The van der Waals surface area contributed by atoms with Crippen LogP contribution in [0.5, 0.6) is 0 Å². The minimum Gasteiger partial charge on any atom is -0.273 e. The molecule has 1 aromatic rings. The number of thiophene rings is 1. The molecule has 25 heavy (non-hydrogen) atoms. The zero-order valence-electron chi connectivity index (χ0n) is 14.3. The van der Waals surface area contributed by atoms with Crippen LogP contribution in [0.3, 0.4) is 0 Å². The molecule has 1 aliphatic carbocycles. The number of hydrazine groups is 1. The Labute approximate surface area is 152 Å². The van der Waals surface area contributed by atoms with Crippen LogP contribution in [0.25, 0.3) is 0 Å². The summed E-state index contributed by atoms with van der Waals surface area (Å²) in [6, 6.07) is 1.94. The third kappa shape index (κ3) is 4.61. The molecule has 138 valence electrons. The number of carbonyl (C=O) groups is 2. The van der Waals surface area contributed by atoms with Gasteiger partial charge in [-0.3, -0.25) is 20.4 Å². The predicted molar refractivity (Wildman–Crippen MR) is 97.1 cm³/mol. The van der Waals surface area contributed by atoms with E-state index in [2.05, 4.69) is 17.8 Å². The maximum absolute atomic E-state index is 12.2. The van der Waals surface area contributed by atoms with Crippen LogP contribution >= 0.6 is 11.3 Å². The zero-order chi connectivity index (χ0) is 18.0. The molecule has 2 amide bonds. The van der Waals surface area contributed by atoms with Crippen molar-refractivity contribution < 1.29 is 18.0 Å². The molecule has 0 bridgehead atoms. The molecule has 2 atom stereocenters. The highest BCUT2D eigenvalue weighted by Crippen LogP contribution is 2.33. The van der Waals surface area contributed by atoms with E-state index in [0.717, 1.165) is 19.3 Å². The van der Waals surface area contributed by atoms with Gasteiger partial charge >= 0.3 is 0 Å². The monoisotopic (exact) mass is 384 g/mol. The van der Waals surface area contributed by atoms with E-state index in [1.807, 2.05) is 6.07 Å². The van der Waals surface area contributed by atoms with Crippen molar-refractivity contribution in [2.24, 2.45) is 11.8 Å². The minimum absolute atomic E-state index is 0.0601. The van der Waals surface area contributed by atoms with Gasteiger partial charge in [0, 0.05) is 11.3 Å². The fraction of sp³-hybridized carbons (Fsp3) is 0.647. The Morgan fingerprint density at radius 3 is 2.72 bits per heavy atom. The lowest BCUT2D eigenvalue weighted by Crippen LogP contribution is -2.42. The third-order valence-electron chi connectivity index (χ3n) is 5.10. The molecule has 0 unspecified atom stereocenters. The first-order valence-electron chi connectivity index (χ1n) is 8.77. The Kier molecular flexibility index (Phi) is 5.48. The molecule has 0 saturated carbocycles. The van der Waals surface area contributed by atoms with E-state index in [4.69, 9.17) is 0 Å². The first kappa shape index (κ1) is 18.4. The van der Waals surface area contributed by atoms with Gasteiger partial charge in [0.1, 0.15) is 0 Å². The van der Waals surface area contributed by atoms with Crippen molar-refractivity contribution in [1.82, 2.24) is 10.9 Å². The molecule has 2 heterocycles. The molecule has 0 spiro atoms. The molecule has 3 rings (SSSR count). The number of aryl methyl sites for hydroxylation is 1. The maximum Gasteiger partial charge on any atom is 0.279 e. The van der Waals surface area contributed by atoms with Crippen molar-refractivity contribution in [2.45, 2.75) is 45.4 Å². The Hall–Kier alpha value is -1.41. The van der Waals surface area contributed by atoms with E-state index < -0.39 is 9.84 Å². The van der Waals surface area contributed by atoms with Crippen LogP contribution in [0, 0.1) is 11.8 Å². The second-order valence-corrected chi connectivity index (χ2v) is 10.4. The zero-order valence-corrected chi connectivity index (χ0v) is 16.0. The van der Waals surface area contributed by atoms with Crippen molar-refractivity contribution in [3.63, 3.8) is 0 Å². The molecule has 1 aromatic heterocycles. The molecule has 1 aliphatic heterocycles. The highest BCUT2D eigenvalue weighted by molar-refractivity contribution is 7.91. The molecule has 6 nitrogen and oxygen atoms in total. The normalized spacial score (nSPS) is 24.5. The van der Waals surface area contributed by atoms with Crippen molar-refractivity contribution >= 4 is 33.0 Å². The van der Waals surface area contributed by atoms with Gasteiger partial charge in [-0.15, -0.1) is 11.3 Å². The van der Waals surface area contributed by atoms with Gasteiger partial charge < -0.3 is 0 Å². The molecular weight excluding hydrogens is 360 g/mol. The first-order valence-corrected chi connectivity index (χ1v) is 11.4. The van der Waals surface area contributed by atoms with Gasteiger partial charge in [-0.1, -0.05) is 13.3 Å². The molecule has 0 aromatic carbocycles. The van der Waals surface area contributed by atoms with Crippen LogP contribution in [-0.2, 0) is 27.5 Å². The maximum atomic E-state index is 12.2. The van der Waals surface area contributed by atoms with Crippen molar-refractivity contribution in [2.75, 3.05) is 11.5 Å². The molecular formula is C17H24N2O4S2. The topological polar surface area (TPSA) is 92.3 Å². The summed E-state index contributed by atoms with van der Waals surface area (Å²) in [5.41, 5.74) is 6.12. The highest BCUT2D eigenvalue weighted by Gasteiger charge is 2.29. The van der Waals surface area contributed by atoms with E-state index in [1.54, 1.807) is 0 Å². The number of sulfone groups is 1. The van der Waals surface area contributed by atoms with Gasteiger partial charge in [0.2, 0.25) is 5.91 Å². The second kappa shape index (κ2) is 7.45. The Bertz CT molecular complexity index is 770. The summed E-state index contributed by atoms with van der Waals surface area (Å²) < 4.78 is 22.8. The first-order chi connectivity index (χ1) is 11.9. The van der Waals surface area contributed by atoms with Crippen molar-refractivity contribution in [1.29, 1.82) is 0 Å². The Balaban J connectivity index is 1.50. The number of hydrogen-bond donors (Lipinski definition) is 2. The van der Waals surface area contributed by atoms with E-state index in [0.29, 0.717) is 17.2 Å². The van der Waals surface area contributed by atoms with Crippen LogP contribution < -0.4 is 10.9 Å². The molecule has 2 N–H and O–H groups in total. The van der Waals surface area contributed by atoms with Crippen LogP contribution in [0.1, 0.15) is 52.7 Å². The quantitative estimate of drug-likeness (QED) is 0.775. The fourth-order valence-electron chi connectivity index (χ4n) is 3.59. The molecule has 0 radical (unpaired) electrons. The molecule has 1 saturated heterocycles. The van der Waals surface area contributed by atoms with Crippen LogP contribution in [0.2, 0.25) is 0 Å². The van der Waals surface area contributed by atoms with Gasteiger partial charge in [-0.25, -0.2) is 8.42 Å². The lowest BCUT2D eigenvalue weighted by molar-refractivity contribution is -0.122. The number of nitrogens with one attached hydrogen (secondary N) is 2. The molecule has 8 heteroatoms. The largest absolute Gasteiger partial charge is 0.279 e. The Morgan fingerprint density at radius 1 is 1.24 bits per heavy atom. The standard InChI is InChI=1S/C17H24N2O4S2/c1-2-11-3-4-14-13(7-11)9-15(24-14)17(21)19-18-16(20)8-12-5-6-25(22,23)10-12/h9,11-12H,2-8,10H2,1H3,(H,18,20)(H,19,21)/t11-,12+/m0/s1. The summed E-state index contributed by atoms with van der Waals surface area (Å²) in [5, 5.41) is 0. The minimum atomic E-state index is -2.99. The summed E-state index contributed by atoms with van der Waals surface area (Å²) in [4.78, 5) is 26.0. The van der Waals surface area contributed by atoms with E-state index in [9.17, 15) is 18.0 Å². The van der Waals surface area contributed by atoms with Crippen LogP contribution in [0.4, 0.5) is 0 Å². The number of carbonyl (C=O) groups excluding carboxylic acids is 2. The van der Waals surface area contributed by atoms with Gasteiger partial charge in [0.25, 0.3) is 5.91 Å². The number of fused-ring (bicyclic) bond motifs is 1. The Morgan fingerprint density at radius 2 is 2.04 bits per heavy atom. The van der Waals surface area contributed by atoms with E-state index >= 15 is 0 Å². The van der Waals surface area contributed by atoms with Crippen molar-refractivity contribution in [3.8, 4) is 0 Å². The average molecular weight is 385 g/mol. The number of rotatable bonds is 4. The predicted octanol–water partition coefficient (Wildman–Crippen LogP) is 1.85. The van der Waals surface area contributed by atoms with Crippen LogP contribution in [0.15, 0.2) is 6.07 Å². The van der Waals surface area contributed by atoms with Crippen LogP contribution in [-0.4, -0.2) is 31.7 Å². The van der Waals surface area contributed by atoms with Gasteiger partial charge in [-0.2, -0.15) is 0 Å². The SMILES string of the molecule is CC[C@H]1CCc2sc(C(=O)NNC(=O)C[C@H]3CCS(=O)(=O)C3)cc2C1. The van der Waals surface area contributed by atoms with Gasteiger partial charge in [-0.05, 0) is 49.1 Å². The summed E-state index contributed by atoms with van der Waals surface area (Å²) in [6.07, 6.45) is 5.01. The molecule has 1 fully saturated rings. The number of hydrogen-bond acceptors (Lipinski definition) is 5. The number of amides is 2. The third-order valence-corrected chi connectivity index (χ3v) is 8.18. The van der Waals surface area contributed by atoms with Crippen molar-refractivity contribution in [3.05, 3.63) is 21.4 Å². The van der Waals surface area contributed by atoms with E-state index in [-0.39, 0.29) is 35.7 Å². The average Bonchev–Trinajstić information content (AvgIpc) is 3.14. The highest BCUT2D eigenvalue weighted by atomic mass is 32.2. The van der Waals surface area contributed by atoms with Gasteiger partial charge in [0.15, 0.2) is 9.84 Å². The summed E-state index contributed by atoms with van der Waals surface area (Å²) in [6.45, 7) is 2.20. The lowest BCUT2D eigenvalue weighted by atomic mass is 9.87. The lowest BCUT2D eigenvalue weighted by Gasteiger charge is -2.19. The smallest absolute Gasteiger partial charge is 0.273 e. The summed E-state index contributed by atoms with van der Waals surface area (Å²) >= 11 is 1.50. The summed E-state index contributed by atoms with van der Waals surface area (Å²) in [7, 11) is -2.99. The van der Waals surface area contributed by atoms with E-state index in [1.165, 1.54) is 28.2 Å². The molecule has 2 aliphatic rings. The van der Waals surface area contributed by atoms with Gasteiger partial charge in [0.05, 0.1) is 16.4 Å². The summed E-state index contributed by atoms with van der Waals surface area (Å²) in [5.74, 6) is 0.103. The fourth-order valence-corrected chi connectivity index (χ4v) is 6.56.